The van der Waals surface area contributed by atoms with Crippen LogP contribution in [0.25, 0.3) is 0 Å². The largest absolute Gasteiger partial charge is 0.343 e. The summed E-state index contributed by atoms with van der Waals surface area (Å²) in [6.07, 6.45) is 3.70. The normalized spacial score (nSPS) is 24.8. The predicted molar refractivity (Wildman–Crippen MR) is 81.8 cm³/mol. The Morgan fingerprint density at radius 3 is 2.68 bits per heavy atom. The van der Waals surface area contributed by atoms with Crippen molar-refractivity contribution >= 4 is 16.7 Å². The highest BCUT2D eigenvalue weighted by Crippen LogP contribution is 2.32. The van der Waals surface area contributed by atoms with Crippen LogP contribution in [0.4, 0.5) is 5.13 Å². The van der Waals surface area contributed by atoms with E-state index in [0.29, 0.717) is 12.6 Å². The van der Waals surface area contributed by atoms with Gasteiger partial charge in [0.05, 0.1) is 0 Å². The third-order valence-corrected chi connectivity index (χ3v) is 4.76. The summed E-state index contributed by atoms with van der Waals surface area (Å²) in [4.78, 5) is 7.11. The summed E-state index contributed by atoms with van der Waals surface area (Å²) < 4.78 is 4.52. The second kappa shape index (κ2) is 5.75. The van der Waals surface area contributed by atoms with Gasteiger partial charge in [-0.05, 0) is 18.8 Å². The first kappa shape index (κ1) is 14.7. The van der Waals surface area contributed by atoms with Gasteiger partial charge in [0.2, 0.25) is 5.13 Å². The number of rotatable bonds is 3. The van der Waals surface area contributed by atoms with Crippen molar-refractivity contribution in [2.24, 2.45) is 11.7 Å². The Morgan fingerprint density at radius 1 is 1.42 bits per heavy atom. The number of hydrogen-bond donors (Lipinski definition) is 1. The third-order valence-electron chi connectivity index (χ3n) is 4.01. The van der Waals surface area contributed by atoms with Crippen LogP contribution < -0.4 is 10.6 Å². The maximum absolute atomic E-state index is 5.96. The quantitative estimate of drug-likeness (QED) is 0.926. The smallest absolute Gasteiger partial charge is 0.205 e. The lowest BCUT2D eigenvalue weighted by molar-refractivity contribution is 0.335. The minimum atomic E-state index is 0.0225. The van der Waals surface area contributed by atoms with E-state index >= 15 is 0 Å². The molecule has 1 aromatic heterocycles. The first-order chi connectivity index (χ1) is 8.95. The van der Waals surface area contributed by atoms with E-state index in [1.807, 2.05) is 0 Å². The van der Waals surface area contributed by atoms with Crippen LogP contribution in [0.1, 0.15) is 52.8 Å². The summed E-state index contributed by atoms with van der Waals surface area (Å²) in [6.45, 7) is 10.5. The topological polar surface area (TPSA) is 55.0 Å². The van der Waals surface area contributed by atoms with Crippen molar-refractivity contribution in [3.05, 3.63) is 5.82 Å². The minimum Gasteiger partial charge on any atom is -0.343 e. The molecule has 2 atom stereocenters. The standard InChI is InChI=1S/C14H26N4S/c1-5-10-6-7-18(11(8-10)9-15)13-16-12(17-19-13)14(2,3)4/h10-11H,5-9,15H2,1-4H3. The van der Waals surface area contributed by atoms with Crippen LogP contribution >= 0.6 is 11.5 Å². The Bertz CT molecular complexity index is 410. The van der Waals surface area contributed by atoms with Crippen LogP contribution in [0.3, 0.4) is 0 Å². The summed E-state index contributed by atoms with van der Waals surface area (Å²) in [5, 5.41) is 1.05. The van der Waals surface area contributed by atoms with Gasteiger partial charge >= 0.3 is 0 Å². The van der Waals surface area contributed by atoms with Crippen LogP contribution in [0.5, 0.6) is 0 Å². The molecule has 2 N–H and O–H groups in total. The molecule has 0 radical (unpaired) electrons. The molecule has 4 nitrogen and oxygen atoms in total. The Kier molecular flexibility index (Phi) is 4.46. The van der Waals surface area contributed by atoms with Crippen molar-refractivity contribution in [3.63, 3.8) is 0 Å². The zero-order valence-electron chi connectivity index (χ0n) is 12.5. The molecule has 19 heavy (non-hydrogen) atoms. The Labute approximate surface area is 120 Å². The zero-order chi connectivity index (χ0) is 14.0. The van der Waals surface area contributed by atoms with Crippen molar-refractivity contribution in [1.29, 1.82) is 0 Å². The summed E-state index contributed by atoms with van der Waals surface area (Å²) in [5.41, 5.74) is 5.98. The van der Waals surface area contributed by atoms with Gasteiger partial charge in [-0.1, -0.05) is 34.1 Å². The lowest BCUT2D eigenvalue weighted by atomic mass is 9.89. The van der Waals surface area contributed by atoms with Crippen LogP contribution in [0, 0.1) is 5.92 Å². The molecular formula is C14H26N4S. The Morgan fingerprint density at radius 2 is 2.16 bits per heavy atom. The molecule has 1 aromatic rings. The fourth-order valence-electron chi connectivity index (χ4n) is 2.62. The maximum Gasteiger partial charge on any atom is 0.205 e. The van der Waals surface area contributed by atoms with E-state index in [0.717, 1.165) is 23.4 Å². The average Bonchev–Trinajstić information content (AvgIpc) is 2.87. The van der Waals surface area contributed by atoms with E-state index in [1.54, 1.807) is 0 Å². The molecule has 108 valence electrons. The lowest BCUT2D eigenvalue weighted by Gasteiger charge is -2.38. The Hall–Kier alpha value is -0.680. The molecule has 1 saturated heterocycles. The zero-order valence-corrected chi connectivity index (χ0v) is 13.3. The predicted octanol–water partition coefficient (Wildman–Crippen LogP) is 2.79. The van der Waals surface area contributed by atoms with Crippen molar-refractivity contribution in [1.82, 2.24) is 9.36 Å². The number of hydrogen-bond acceptors (Lipinski definition) is 5. The van der Waals surface area contributed by atoms with Gasteiger partial charge in [-0.15, -0.1) is 0 Å². The molecule has 1 aliphatic heterocycles. The molecule has 0 aliphatic carbocycles. The number of piperidine rings is 1. The molecule has 1 aliphatic rings. The fourth-order valence-corrected chi connectivity index (χ4v) is 3.57. The van der Waals surface area contributed by atoms with Crippen molar-refractivity contribution in [3.8, 4) is 0 Å². The average molecular weight is 282 g/mol. The lowest BCUT2D eigenvalue weighted by Crippen LogP contribution is -2.46. The van der Waals surface area contributed by atoms with Crippen LogP contribution in [0.2, 0.25) is 0 Å². The fraction of sp³-hybridized carbons (Fsp3) is 0.857. The molecule has 2 rings (SSSR count). The molecule has 2 heterocycles. The van der Waals surface area contributed by atoms with Gasteiger partial charge in [-0.2, -0.15) is 4.37 Å². The number of nitrogens with two attached hydrogens (primary N) is 1. The van der Waals surface area contributed by atoms with Gasteiger partial charge in [0.25, 0.3) is 0 Å². The molecule has 0 amide bonds. The molecule has 0 aromatic carbocycles. The van der Waals surface area contributed by atoms with E-state index in [1.165, 1.54) is 30.8 Å². The second-order valence-electron chi connectivity index (χ2n) is 6.53. The molecule has 5 heteroatoms. The van der Waals surface area contributed by atoms with Gasteiger partial charge in [-0.25, -0.2) is 4.98 Å². The second-order valence-corrected chi connectivity index (χ2v) is 7.26. The van der Waals surface area contributed by atoms with E-state index in [2.05, 4.69) is 37.0 Å². The number of nitrogens with zero attached hydrogens (tertiary/aromatic N) is 3. The minimum absolute atomic E-state index is 0.0225. The van der Waals surface area contributed by atoms with Gasteiger partial charge in [0.15, 0.2) is 0 Å². The molecule has 0 bridgehead atoms. The van der Waals surface area contributed by atoms with Gasteiger partial charge in [0, 0.05) is 36.1 Å². The SMILES string of the molecule is CCC1CCN(c2nc(C(C)(C)C)ns2)C(CN)C1. The van der Waals surface area contributed by atoms with Crippen molar-refractivity contribution in [2.45, 2.75) is 58.4 Å². The van der Waals surface area contributed by atoms with Crippen molar-refractivity contribution in [2.75, 3.05) is 18.0 Å². The first-order valence-electron chi connectivity index (χ1n) is 7.26. The van der Waals surface area contributed by atoms with Crippen LogP contribution in [-0.2, 0) is 5.41 Å². The van der Waals surface area contributed by atoms with Crippen LogP contribution in [-0.4, -0.2) is 28.5 Å². The van der Waals surface area contributed by atoms with Gasteiger partial charge < -0.3 is 10.6 Å². The first-order valence-corrected chi connectivity index (χ1v) is 8.04. The molecular weight excluding hydrogens is 256 g/mol. The highest BCUT2D eigenvalue weighted by molar-refractivity contribution is 7.09. The number of aromatic nitrogens is 2. The third kappa shape index (κ3) is 3.26. The summed E-state index contributed by atoms with van der Waals surface area (Å²) >= 11 is 1.52. The molecule has 0 spiro atoms. The van der Waals surface area contributed by atoms with E-state index in [-0.39, 0.29) is 5.41 Å². The molecule has 0 saturated carbocycles. The maximum atomic E-state index is 5.96. The highest BCUT2D eigenvalue weighted by atomic mass is 32.1. The highest BCUT2D eigenvalue weighted by Gasteiger charge is 2.30. The van der Waals surface area contributed by atoms with E-state index in [4.69, 9.17) is 10.7 Å². The summed E-state index contributed by atoms with van der Waals surface area (Å²) in [7, 11) is 0. The van der Waals surface area contributed by atoms with E-state index < -0.39 is 0 Å². The summed E-state index contributed by atoms with van der Waals surface area (Å²) in [5.74, 6) is 1.76. The summed E-state index contributed by atoms with van der Waals surface area (Å²) in [6, 6.07) is 0.430. The van der Waals surface area contributed by atoms with E-state index in [9.17, 15) is 0 Å². The molecule has 1 fully saturated rings. The Balaban J connectivity index is 2.14. The van der Waals surface area contributed by atoms with Gasteiger partial charge in [0.1, 0.15) is 5.82 Å². The van der Waals surface area contributed by atoms with Crippen LogP contribution in [0.15, 0.2) is 0 Å². The monoisotopic (exact) mass is 282 g/mol. The van der Waals surface area contributed by atoms with Crippen molar-refractivity contribution < 1.29 is 0 Å². The molecule has 2 unspecified atom stereocenters. The number of anilines is 1. The van der Waals surface area contributed by atoms with Gasteiger partial charge in [-0.3, -0.25) is 0 Å².